The fourth-order valence-corrected chi connectivity index (χ4v) is 3.52. The van der Waals surface area contributed by atoms with Crippen molar-refractivity contribution in [1.82, 2.24) is 4.98 Å². The van der Waals surface area contributed by atoms with Gasteiger partial charge in [0.05, 0.1) is 26.7 Å². The Hall–Kier alpha value is -1.88. The number of halogens is 2. The molecule has 0 fully saturated rings. The fourth-order valence-electron chi connectivity index (χ4n) is 2.18. The molecule has 0 saturated carbocycles. The van der Waals surface area contributed by atoms with Gasteiger partial charge in [-0.3, -0.25) is 4.79 Å². The molecular formula is C17H11Cl2NO2S. The predicted molar refractivity (Wildman–Crippen MR) is 96.2 cm³/mol. The number of aliphatic carboxylic acids is 1. The van der Waals surface area contributed by atoms with Gasteiger partial charge in [-0.2, -0.15) is 0 Å². The summed E-state index contributed by atoms with van der Waals surface area (Å²) in [6.07, 6.45) is 1.60. The molecule has 3 aromatic rings. The first-order chi connectivity index (χ1) is 11.0. The van der Waals surface area contributed by atoms with Crippen LogP contribution in [0.25, 0.3) is 21.9 Å². The quantitative estimate of drug-likeness (QED) is 0.654. The summed E-state index contributed by atoms with van der Waals surface area (Å²) < 4.78 is 1.01. The molecule has 0 spiro atoms. The highest BCUT2D eigenvalue weighted by Crippen LogP contribution is 2.33. The molecular weight excluding hydrogens is 353 g/mol. The van der Waals surface area contributed by atoms with Gasteiger partial charge in [0.15, 0.2) is 0 Å². The molecule has 0 saturated heterocycles. The second kappa shape index (κ2) is 6.71. The molecule has 6 heteroatoms. The van der Waals surface area contributed by atoms with Gasteiger partial charge in [0.2, 0.25) is 0 Å². The Morgan fingerprint density at radius 2 is 1.96 bits per heavy atom. The number of nitrogens with zero attached hydrogens (tertiary/aromatic N) is 1. The number of hydrogen-bond acceptors (Lipinski definition) is 3. The monoisotopic (exact) mass is 363 g/mol. The van der Waals surface area contributed by atoms with E-state index in [1.54, 1.807) is 24.3 Å². The van der Waals surface area contributed by atoms with E-state index in [9.17, 15) is 9.90 Å². The highest BCUT2D eigenvalue weighted by Gasteiger charge is 2.13. The van der Waals surface area contributed by atoms with E-state index in [4.69, 9.17) is 23.2 Å². The molecule has 0 bridgehead atoms. The number of carboxylic acids is 1. The van der Waals surface area contributed by atoms with Crippen LogP contribution >= 0.6 is 34.5 Å². The molecule has 1 aromatic heterocycles. The lowest BCUT2D eigenvalue weighted by Crippen LogP contribution is -1.97. The van der Waals surface area contributed by atoms with Crippen molar-refractivity contribution in [2.45, 2.75) is 6.42 Å². The normalized spacial score (nSPS) is 11.8. The average Bonchev–Trinajstić information content (AvgIpc) is 2.94. The zero-order valence-corrected chi connectivity index (χ0v) is 14.1. The van der Waals surface area contributed by atoms with Crippen LogP contribution in [0.1, 0.15) is 17.0 Å². The maximum atomic E-state index is 11.2. The Bertz CT molecular complexity index is 885. The van der Waals surface area contributed by atoms with Crippen LogP contribution in [0, 0.1) is 0 Å². The topological polar surface area (TPSA) is 50.2 Å². The smallest absolute Gasteiger partial charge is 0.307 e. The number of hydrogen-bond donors (Lipinski definition) is 1. The molecule has 3 nitrogen and oxygen atoms in total. The molecule has 0 aliphatic heterocycles. The molecule has 0 aliphatic carbocycles. The van der Waals surface area contributed by atoms with Crippen LogP contribution < -0.4 is 0 Å². The van der Waals surface area contributed by atoms with Crippen molar-refractivity contribution in [3.63, 3.8) is 0 Å². The number of thiazole rings is 1. The number of para-hydroxylation sites is 1. The van der Waals surface area contributed by atoms with E-state index in [1.165, 1.54) is 11.3 Å². The minimum absolute atomic E-state index is 0.136. The van der Waals surface area contributed by atoms with Crippen molar-refractivity contribution in [3.8, 4) is 0 Å². The van der Waals surface area contributed by atoms with Crippen LogP contribution in [0.4, 0.5) is 0 Å². The average molecular weight is 364 g/mol. The van der Waals surface area contributed by atoms with E-state index in [0.29, 0.717) is 26.2 Å². The van der Waals surface area contributed by atoms with Gasteiger partial charge in [-0.15, -0.1) is 11.3 Å². The molecule has 0 amide bonds. The number of rotatable bonds is 4. The van der Waals surface area contributed by atoms with Crippen LogP contribution in [0.5, 0.6) is 0 Å². The SMILES string of the molecule is O=C(O)C/C(=C\c1cccc(Cl)c1Cl)c1nc2ccccc2s1. The van der Waals surface area contributed by atoms with E-state index in [2.05, 4.69) is 4.98 Å². The lowest BCUT2D eigenvalue weighted by Gasteiger charge is -2.04. The Balaban J connectivity index is 2.12. The molecule has 2 aromatic carbocycles. The Labute approximate surface area is 146 Å². The van der Waals surface area contributed by atoms with Crippen LogP contribution in [0.15, 0.2) is 42.5 Å². The van der Waals surface area contributed by atoms with Crippen molar-refractivity contribution < 1.29 is 9.90 Å². The van der Waals surface area contributed by atoms with Crippen LogP contribution in [0.3, 0.4) is 0 Å². The molecule has 0 atom stereocenters. The first kappa shape index (κ1) is 16.0. The molecule has 1 heterocycles. The van der Waals surface area contributed by atoms with Crippen molar-refractivity contribution in [3.05, 3.63) is 63.1 Å². The second-order valence-corrected chi connectivity index (χ2v) is 6.69. The maximum Gasteiger partial charge on any atom is 0.307 e. The van der Waals surface area contributed by atoms with Crippen LogP contribution in [-0.2, 0) is 4.79 Å². The summed E-state index contributed by atoms with van der Waals surface area (Å²) in [6.45, 7) is 0. The third-order valence-electron chi connectivity index (χ3n) is 3.22. The van der Waals surface area contributed by atoms with Gasteiger partial charge in [-0.1, -0.05) is 47.5 Å². The zero-order valence-electron chi connectivity index (χ0n) is 11.8. The number of aromatic nitrogens is 1. The lowest BCUT2D eigenvalue weighted by molar-refractivity contribution is -0.135. The maximum absolute atomic E-state index is 11.2. The number of carbonyl (C=O) groups is 1. The van der Waals surface area contributed by atoms with Crippen molar-refractivity contribution in [2.75, 3.05) is 0 Å². The molecule has 1 N–H and O–H groups in total. The van der Waals surface area contributed by atoms with Gasteiger partial charge in [-0.05, 0) is 35.4 Å². The van der Waals surface area contributed by atoms with Gasteiger partial charge in [0.25, 0.3) is 0 Å². The van der Waals surface area contributed by atoms with E-state index < -0.39 is 5.97 Å². The molecule has 0 aliphatic rings. The second-order valence-electron chi connectivity index (χ2n) is 4.87. The van der Waals surface area contributed by atoms with E-state index >= 15 is 0 Å². The highest BCUT2D eigenvalue weighted by atomic mass is 35.5. The molecule has 23 heavy (non-hydrogen) atoms. The largest absolute Gasteiger partial charge is 0.481 e. The van der Waals surface area contributed by atoms with Gasteiger partial charge < -0.3 is 5.11 Å². The number of fused-ring (bicyclic) bond motifs is 1. The Morgan fingerprint density at radius 3 is 2.70 bits per heavy atom. The van der Waals surface area contributed by atoms with Gasteiger partial charge in [-0.25, -0.2) is 4.98 Å². The molecule has 0 radical (unpaired) electrons. The summed E-state index contributed by atoms with van der Waals surface area (Å²) in [4.78, 5) is 15.7. The third kappa shape index (κ3) is 3.55. The first-order valence-electron chi connectivity index (χ1n) is 6.77. The zero-order chi connectivity index (χ0) is 16.4. The molecule has 3 rings (SSSR count). The summed E-state index contributed by atoms with van der Waals surface area (Å²) in [7, 11) is 0. The van der Waals surface area contributed by atoms with Crippen LogP contribution in [0.2, 0.25) is 10.0 Å². The molecule has 116 valence electrons. The number of carboxylic acid groups (broad SMARTS) is 1. The standard InChI is InChI=1S/C17H11Cl2NO2S/c18-12-5-3-4-10(16(12)19)8-11(9-15(21)22)17-20-13-6-1-2-7-14(13)23-17/h1-8H,9H2,(H,21,22)/b11-8+. The van der Waals surface area contributed by atoms with E-state index in [0.717, 1.165) is 10.2 Å². The highest BCUT2D eigenvalue weighted by molar-refractivity contribution is 7.19. The predicted octanol–water partition coefficient (Wildman–Crippen LogP) is 5.62. The van der Waals surface area contributed by atoms with Crippen molar-refractivity contribution in [2.24, 2.45) is 0 Å². The summed E-state index contributed by atoms with van der Waals surface area (Å²) in [5, 5.41) is 10.7. The summed E-state index contributed by atoms with van der Waals surface area (Å²) >= 11 is 13.7. The lowest BCUT2D eigenvalue weighted by atomic mass is 10.1. The Morgan fingerprint density at radius 1 is 1.17 bits per heavy atom. The van der Waals surface area contributed by atoms with Gasteiger partial charge in [0.1, 0.15) is 5.01 Å². The van der Waals surface area contributed by atoms with Crippen LogP contribution in [-0.4, -0.2) is 16.1 Å². The minimum atomic E-state index is -0.923. The first-order valence-corrected chi connectivity index (χ1v) is 8.34. The molecule has 0 unspecified atom stereocenters. The third-order valence-corrected chi connectivity index (χ3v) is 5.17. The van der Waals surface area contributed by atoms with Crippen molar-refractivity contribution in [1.29, 1.82) is 0 Å². The van der Waals surface area contributed by atoms with E-state index in [1.807, 2.05) is 24.3 Å². The van der Waals surface area contributed by atoms with E-state index in [-0.39, 0.29) is 6.42 Å². The van der Waals surface area contributed by atoms with Crippen molar-refractivity contribution >= 4 is 62.4 Å². The van der Waals surface area contributed by atoms with Gasteiger partial charge in [0, 0.05) is 0 Å². The summed E-state index contributed by atoms with van der Waals surface area (Å²) in [6, 6.07) is 13.0. The van der Waals surface area contributed by atoms with Gasteiger partial charge >= 0.3 is 5.97 Å². The fraction of sp³-hybridized carbons (Fsp3) is 0.0588. The summed E-state index contributed by atoms with van der Waals surface area (Å²) in [5.74, 6) is -0.923. The minimum Gasteiger partial charge on any atom is -0.481 e. The Kier molecular flexibility index (Phi) is 4.66. The summed E-state index contributed by atoms with van der Waals surface area (Å²) in [5.41, 5.74) is 2.12. The number of benzene rings is 2.